The number of carbonyl (C=O) groups excluding carboxylic acids is 1. The zero-order valence-corrected chi connectivity index (χ0v) is 12.7. The van der Waals surface area contributed by atoms with Gasteiger partial charge >= 0.3 is 13.1 Å². The number of nitrogen functional groups attached to an aromatic ring is 1. The maximum atomic E-state index is 12.3. The van der Waals surface area contributed by atoms with Gasteiger partial charge in [0.1, 0.15) is 5.75 Å². The van der Waals surface area contributed by atoms with Crippen LogP contribution in [0.1, 0.15) is 32.7 Å². The quantitative estimate of drug-likeness (QED) is 0.573. The molecule has 7 nitrogen and oxygen atoms in total. The van der Waals surface area contributed by atoms with Gasteiger partial charge in [0.05, 0.1) is 11.3 Å². The van der Waals surface area contributed by atoms with Crippen LogP contribution in [0.3, 0.4) is 0 Å². The molecule has 122 valence electrons. The maximum Gasteiger partial charge on any atom is 0.526 e. The third-order valence-corrected chi connectivity index (χ3v) is 3.98. The first-order chi connectivity index (χ1) is 11.5. The van der Waals surface area contributed by atoms with Gasteiger partial charge in [0, 0.05) is 30.2 Å². The van der Waals surface area contributed by atoms with Gasteiger partial charge in [-0.15, -0.1) is 0 Å². The number of aromatic nitrogens is 1. The number of pyridine rings is 1. The molecular weight excluding hydrogens is 311 g/mol. The number of para-hydroxylation sites is 1. The van der Waals surface area contributed by atoms with Crippen LogP contribution in [-0.2, 0) is 6.42 Å². The van der Waals surface area contributed by atoms with Crippen molar-refractivity contribution in [3.05, 3.63) is 53.3 Å². The van der Waals surface area contributed by atoms with Gasteiger partial charge in [0.25, 0.3) is 0 Å². The van der Waals surface area contributed by atoms with Crippen molar-refractivity contribution in [1.82, 2.24) is 4.98 Å². The van der Waals surface area contributed by atoms with Crippen LogP contribution in [-0.4, -0.2) is 34.0 Å². The van der Waals surface area contributed by atoms with E-state index in [4.69, 9.17) is 10.4 Å². The standard InChI is InChI=1S/C16H15BN2O5/c18-12-5-10(7-19-8-12)14(20)6-11-4-9-2-1-3-13(16(21)22)15(9)24-17(11)23/h1-3,5,7-8,11,23H,4,6,18H2,(H,21,22)/t11-/m1/s1. The number of carboxylic acids is 1. The smallest absolute Gasteiger partial charge is 0.526 e. The summed E-state index contributed by atoms with van der Waals surface area (Å²) in [5.74, 6) is -1.65. The van der Waals surface area contributed by atoms with E-state index in [1.54, 1.807) is 12.1 Å². The van der Waals surface area contributed by atoms with Crippen molar-refractivity contribution in [1.29, 1.82) is 0 Å². The van der Waals surface area contributed by atoms with E-state index >= 15 is 0 Å². The summed E-state index contributed by atoms with van der Waals surface area (Å²) in [7, 11) is -1.25. The maximum absolute atomic E-state index is 12.3. The number of carboxylic acid groups (broad SMARTS) is 1. The van der Waals surface area contributed by atoms with Gasteiger partial charge < -0.3 is 20.5 Å². The number of rotatable bonds is 4. The summed E-state index contributed by atoms with van der Waals surface area (Å²) in [6.45, 7) is 0. The fraction of sp³-hybridized carbons (Fsp3) is 0.188. The highest BCUT2D eigenvalue weighted by atomic mass is 16.5. The number of nitrogens with zero attached hydrogens (tertiary/aromatic N) is 1. The highest BCUT2D eigenvalue weighted by Gasteiger charge is 2.37. The first-order valence-electron chi connectivity index (χ1n) is 7.39. The molecule has 0 bridgehead atoms. The molecular formula is C16H15BN2O5. The average Bonchev–Trinajstić information content (AvgIpc) is 2.54. The number of anilines is 1. The summed E-state index contributed by atoms with van der Waals surface area (Å²) in [5, 5.41) is 19.3. The lowest BCUT2D eigenvalue weighted by atomic mass is 9.64. The highest BCUT2D eigenvalue weighted by Crippen LogP contribution is 2.36. The van der Waals surface area contributed by atoms with E-state index in [1.165, 1.54) is 24.5 Å². The van der Waals surface area contributed by atoms with Crippen LogP contribution in [0.4, 0.5) is 5.69 Å². The Hall–Kier alpha value is -2.87. The number of Topliss-reactive ketones (excluding diaryl/α,β-unsaturated/α-hetero) is 1. The van der Waals surface area contributed by atoms with Crippen molar-refractivity contribution in [3.63, 3.8) is 0 Å². The lowest BCUT2D eigenvalue weighted by Gasteiger charge is -2.28. The number of hydrogen-bond donors (Lipinski definition) is 3. The van der Waals surface area contributed by atoms with Crippen molar-refractivity contribution in [2.24, 2.45) is 0 Å². The molecule has 1 aromatic heterocycles. The molecule has 0 unspecified atom stereocenters. The molecule has 24 heavy (non-hydrogen) atoms. The monoisotopic (exact) mass is 326 g/mol. The summed E-state index contributed by atoms with van der Waals surface area (Å²) in [6, 6.07) is 6.29. The Labute approximate surface area is 138 Å². The van der Waals surface area contributed by atoms with Crippen LogP contribution in [0.15, 0.2) is 36.7 Å². The van der Waals surface area contributed by atoms with E-state index < -0.39 is 18.9 Å². The number of aromatic carboxylic acids is 1. The van der Waals surface area contributed by atoms with E-state index in [0.717, 1.165) is 0 Å². The zero-order valence-electron chi connectivity index (χ0n) is 12.7. The summed E-state index contributed by atoms with van der Waals surface area (Å²) in [4.78, 5) is 27.4. The second-order valence-electron chi connectivity index (χ2n) is 5.71. The Kier molecular flexibility index (Phi) is 4.22. The van der Waals surface area contributed by atoms with E-state index in [2.05, 4.69) is 4.98 Å². The minimum Gasteiger partial charge on any atom is -0.535 e. The molecule has 1 aliphatic rings. The van der Waals surface area contributed by atoms with Gasteiger partial charge in [-0.2, -0.15) is 0 Å². The van der Waals surface area contributed by atoms with Crippen LogP contribution >= 0.6 is 0 Å². The average molecular weight is 326 g/mol. The lowest BCUT2D eigenvalue weighted by Crippen LogP contribution is -2.35. The largest absolute Gasteiger partial charge is 0.535 e. The second kappa shape index (κ2) is 6.33. The van der Waals surface area contributed by atoms with Crippen LogP contribution in [0.5, 0.6) is 5.75 Å². The molecule has 0 radical (unpaired) electrons. The molecule has 8 heteroatoms. The van der Waals surface area contributed by atoms with E-state index in [-0.39, 0.29) is 23.5 Å². The van der Waals surface area contributed by atoms with Gasteiger partial charge in [0.15, 0.2) is 5.78 Å². The summed E-state index contributed by atoms with van der Waals surface area (Å²) in [5.41, 5.74) is 7.03. The lowest BCUT2D eigenvalue weighted by molar-refractivity contribution is 0.0693. The molecule has 1 atom stereocenters. The molecule has 4 N–H and O–H groups in total. The Morgan fingerprint density at radius 3 is 2.88 bits per heavy atom. The van der Waals surface area contributed by atoms with E-state index in [0.29, 0.717) is 23.2 Å². The molecule has 0 saturated heterocycles. The van der Waals surface area contributed by atoms with Gasteiger partial charge in [-0.25, -0.2) is 4.79 Å². The first kappa shape index (κ1) is 16.0. The number of hydrogen-bond acceptors (Lipinski definition) is 6. The molecule has 2 heterocycles. The predicted molar refractivity (Wildman–Crippen MR) is 87.1 cm³/mol. The number of carbonyl (C=O) groups is 2. The second-order valence-corrected chi connectivity index (χ2v) is 5.71. The minimum atomic E-state index is -1.25. The number of nitrogens with two attached hydrogens (primary N) is 1. The third kappa shape index (κ3) is 3.09. The van der Waals surface area contributed by atoms with Crippen LogP contribution in [0.25, 0.3) is 0 Å². The fourth-order valence-corrected chi connectivity index (χ4v) is 2.79. The van der Waals surface area contributed by atoms with E-state index in [1.807, 2.05) is 0 Å². The number of ketones is 1. The molecule has 0 saturated carbocycles. The van der Waals surface area contributed by atoms with Crippen LogP contribution in [0, 0.1) is 0 Å². The topological polar surface area (TPSA) is 123 Å². The number of fused-ring (bicyclic) bond motifs is 1. The Morgan fingerprint density at radius 1 is 1.38 bits per heavy atom. The predicted octanol–water partition coefficient (Wildman–Crippen LogP) is 1.42. The molecule has 1 aromatic carbocycles. The van der Waals surface area contributed by atoms with Crippen LogP contribution in [0.2, 0.25) is 5.82 Å². The molecule has 0 amide bonds. The summed E-state index contributed by atoms with van der Waals surface area (Å²) >= 11 is 0. The van der Waals surface area contributed by atoms with E-state index in [9.17, 15) is 19.7 Å². The summed E-state index contributed by atoms with van der Waals surface area (Å²) < 4.78 is 5.38. The Bertz CT molecular complexity index is 811. The van der Waals surface area contributed by atoms with Gasteiger partial charge in [-0.05, 0) is 24.1 Å². The van der Waals surface area contributed by atoms with Crippen molar-refractivity contribution >= 4 is 24.6 Å². The van der Waals surface area contributed by atoms with Gasteiger partial charge in [-0.3, -0.25) is 9.78 Å². The third-order valence-electron chi connectivity index (χ3n) is 3.98. The van der Waals surface area contributed by atoms with Crippen molar-refractivity contribution in [3.8, 4) is 5.75 Å². The summed E-state index contributed by atoms with van der Waals surface area (Å²) in [6.07, 6.45) is 3.26. The zero-order chi connectivity index (χ0) is 17.3. The number of benzene rings is 1. The SMILES string of the molecule is Nc1cncc(C(=O)C[C@H]2Cc3cccc(C(=O)O)c3OB2O)c1. The normalized spacial score (nSPS) is 16.2. The molecule has 2 aromatic rings. The molecule has 1 aliphatic heterocycles. The van der Waals surface area contributed by atoms with Crippen molar-refractivity contribution < 1.29 is 24.4 Å². The van der Waals surface area contributed by atoms with Crippen molar-refractivity contribution in [2.45, 2.75) is 18.7 Å². The molecule has 0 fully saturated rings. The van der Waals surface area contributed by atoms with Crippen LogP contribution < -0.4 is 10.4 Å². The minimum absolute atomic E-state index is 0.00337. The fourth-order valence-electron chi connectivity index (χ4n) is 2.79. The first-order valence-corrected chi connectivity index (χ1v) is 7.39. The Balaban J connectivity index is 1.81. The highest BCUT2D eigenvalue weighted by molar-refractivity contribution is 6.47. The van der Waals surface area contributed by atoms with Gasteiger partial charge in [0.2, 0.25) is 0 Å². The van der Waals surface area contributed by atoms with Crippen molar-refractivity contribution in [2.75, 3.05) is 5.73 Å². The Morgan fingerprint density at radius 2 is 2.17 bits per heavy atom. The van der Waals surface area contributed by atoms with Gasteiger partial charge in [-0.1, -0.05) is 12.1 Å². The molecule has 0 aliphatic carbocycles. The molecule has 3 rings (SSSR count). The molecule has 0 spiro atoms.